The first kappa shape index (κ1) is 30.0. The molecule has 1 heterocycles. The van der Waals surface area contributed by atoms with E-state index in [1.807, 2.05) is 0 Å². The van der Waals surface area contributed by atoms with Crippen LogP contribution < -0.4 is 4.90 Å². The fourth-order valence-electron chi connectivity index (χ4n) is 8.07. The largest absolute Gasteiger partial charge is 0.309 e. The maximum atomic E-state index is 2.45. The van der Waals surface area contributed by atoms with E-state index in [-0.39, 0.29) is 0 Å². The van der Waals surface area contributed by atoms with Crippen molar-refractivity contribution in [2.24, 2.45) is 0 Å². The minimum atomic E-state index is 1.09. The Morgan fingerprint density at radius 3 is 1.42 bits per heavy atom. The molecule has 0 radical (unpaired) electrons. The number of rotatable bonds is 6. The summed E-state index contributed by atoms with van der Waals surface area (Å²) in [6.07, 6.45) is 0. The lowest BCUT2D eigenvalue weighted by atomic mass is 9.89. The van der Waals surface area contributed by atoms with Crippen LogP contribution in [0, 0.1) is 0 Å². The maximum absolute atomic E-state index is 2.45. The van der Waals surface area contributed by atoms with Crippen molar-refractivity contribution in [2.45, 2.75) is 0 Å². The van der Waals surface area contributed by atoms with E-state index in [0.29, 0.717) is 0 Å². The number of benzene rings is 9. The van der Waals surface area contributed by atoms with E-state index < -0.39 is 0 Å². The highest BCUT2D eigenvalue weighted by molar-refractivity contribution is 6.22. The average molecular weight is 663 g/mol. The molecule has 10 rings (SSSR count). The first-order valence-corrected chi connectivity index (χ1v) is 17.9. The number of para-hydroxylation sites is 3. The fraction of sp³-hybridized carbons (Fsp3) is 0. The molecule has 9 aromatic carbocycles. The van der Waals surface area contributed by atoms with E-state index in [9.17, 15) is 0 Å². The molecule has 10 aromatic rings. The van der Waals surface area contributed by atoms with Gasteiger partial charge in [0, 0.05) is 38.8 Å². The molecule has 0 amide bonds. The molecule has 0 aliphatic heterocycles. The average Bonchev–Trinajstić information content (AvgIpc) is 3.56. The van der Waals surface area contributed by atoms with Gasteiger partial charge >= 0.3 is 0 Å². The number of hydrogen-bond acceptors (Lipinski definition) is 1. The summed E-state index contributed by atoms with van der Waals surface area (Å²) in [5, 5.41) is 7.44. The third kappa shape index (κ3) is 4.88. The first-order valence-electron chi connectivity index (χ1n) is 17.9. The van der Waals surface area contributed by atoms with Crippen molar-refractivity contribution in [2.75, 3.05) is 4.90 Å². The van der Waals surface area contributed by atoms with Crippen LogP contribution >= 0.6 is 0 Å². The number of nitrogens with zero attached hydrogens (tertiary/aromatic N) is 2. The van der Waals surface area contributed by atoms with Crippen LogP contribution in [0.4, 0.5) is 17.1 Å². The number of aromatic nitrogens is 1. The van der Waals surface area contributed by atoms with Crippen molar-refractivity contribution in [1.82, 2.24) is 4.57 Å². The molecule has 2 nitrogen and oxygen atoms in total. The SMILES string of the molecule is c1ccc(-c2cccc(-c3c(N(c4ccccc4)c4ccc(-n5c6ccccc6c6ccccc65)cc4)c4ccccc4c4ccccc34)c2)cc1. The lowest BCUT2D eigenvalue weighted by Crippen LogP contribution is -2.12. The Morgan fingerprint density at radius 2 is 0.769 bits per heavy atom. The zero-order chi connectivity index (χ0) is 34.4. The summed E-state index contributed by atoms with van der Waals surface area (Å²) in [7, 11) is 0. The zero-order valence-electron chi connectivity index (χ0n) is 28.5. The minimum absolute atomic E-state index is 1.09. The van der Waals surface area contributed by atoms with Crippen molar-refractivity contribution in [3.8, 4) is 27.9 Å². The van der Waals surface area contributed by atoms with Gasteiger partial charge in [0.15, 0.2) is 0 Å². The smallest absolute Gasteiger partial charge is 0.0624 e. The molecule has 0 bridgehead atoms. The summed E-state index contributed by atoms with van der Waals surface area (Å²) < 4.78 is 2.38. The number of fused-ring (bicyclic) bond motifs is 6. The van der Waals surface area contributed by atoms with Crippen molar-refractivity contribution in [1.29, 1.82) is 0 Å². The van der Waals surface area contributed by atoms with Gasteiger partial charge in [0.05, 0.1) is 16.7 Å². The zero-order valence-corrected chi connectivity index (χ0v) is 28.5. The van der Waals surface area contributed by atoms with Crippen LogP contribution in [0.5, 0.6) is 0 Å². The molecule has 0 saturated heterocycles. The molecular weight excluding hydrogens is 629 g/mol. The van der Waals surface area contributed by atoms with E-state index >= 15 is 0 Å². The van der Waals surface area contributed by atoms with E-state index in [1.165, 1.54) is 65.6 Å². The molecule has 1 aromatic heterocycles. The first-order chi connectivity index (χ1) is 25.8. The van der Waals surface area contributed by atoms with Gasteiger partial charge in [-0.05, 0) is 87.4 Å². The predicted octanol–water partition coefficient (Wildman–Crippen LogP) is 13.9. The van der Waals surface area contributed by atoms with Crippen LogP contribution in [0.1, 0.15) is 0 Å². The second kappa shape index (κ2) is 12.5. The van der Waals surface area contributed by atoms with Gasteiger partial charge in [-0.15, -0.1) is 0 Å². The molecule has 0 saturated carbocycles. The lowest BCUT2D eigenvalue weighted by Gasteiger charge is -2.31. The second-order valence-electron chi connectivity index (χ2n) is 13.3. The van der Waals surface area contributed by atoms with E-state index in [2.05, 4.69) is 216 Å². The molecule has 0 spiro atoms. The highest BCUT2D eigenvalue weighted by Gasteiger charge is 2.24. The van der Waals surface area contributed by atoms with Crippen molar-refractivity contribution < 1.29 is 0 Å². The molecular formula is C50H34N2. The van der Waals surface area contributed by atoms with Crippen molar-refractivity contribution in [3.05, 3.63) is 206 Å². The molecule has 0 N–H and O–H groups in total. The van der Waals surface area contributed by atoms with Crippen LogP contribution in [0.3, 0.4) is 0 Å². The van der Waals surface area contributed by atoms with E-state index in [0.717, 1.165) is 22.7 Å². The maximum Gasteiger partial charge on any atom is 0.0624 e. The molecule has 0 aliphatic rings. The summed E-state index contributed by atoms with van der Waals surface area (Å²) >= 11 is 0. The molecule has 0 unspecified atom stereocenters. The summed E-state index contributed by atoms with van der Waals surface area (Å²) in [6, 6.07) is 74.7. The van der Waals surface area contributed by atoms with E-state index in [1.54, 1.807) is 0 Å². The molecule has 244 valence electrons. The summed E-state index contributed by atoms with van der Waals surface area (Å²) in [6.45, 7) is 0. The monoisotopic (exact) mass is 662 g/mol. The van der Waals surface area contributed by atoms with Crippen LogP contribution in [-0.4, -0.2) is 4.57 Å². The fourth-order valence-corrected chi connectivity index (χ4v) is 8.07. The normalized spacial score (nSPS) is 11.5. The highest BCUT2D eigenvalue weighted by atomic mass is 15.1. The summed E-state index contributed by atoms with van der Waals surface area (Å²) in [4.78, 5) is 2.45. The summed E-state index contributed by atoms with van der Waals surface area (Å²) in [5.74, 6) is 0. The number of anilines is 3. The van der Waals surface area contributed by atoms with E-state index in [4.69, 9.17) is 0 Å². The van der Waals surface area contributed by atoms with Crippen molar-refractivity contribution in [3.63, 3.8) is 0 Å². The van der Waals surface area contributed by atoms with Crippen LogP contribution in [0.2, 0.25) is 0 Å². The molecule has 0 fully saturated rings. The Balaban J connectivity index is 1.25. The third-order valence-corrected chi connectivity index (χ3v) is 10.3. The highest BCUT2D eigenvalue weighted by Crippen LogP contribution is 2.49. The molecule has 2 heteroatoms. The van der Waals surface area contributed by atoms with Crippen LogP contribution in [0.25, 0.3) is 71.3 Å². The van der Waals surface area contributed by atoms with Crippen LogP contribution in [0.15, 0.2) is 206 Å². The van der Waals surface area contributed by atoms with Gasteiger partial charge in [0.25, 0.3) is 0 Å². The Bertz CT molecular complexity index is 2830. The Kier molecular flexibility index (Phi) is 7.18. The van der Waals surface area contributed by atoms with Gasteiger partial charge in [-0.1, -0.05) is 152 Å². The van der Waals surface area contributed by atoms with Gasteiger partial charge in [-0.3, -0.25) is 0 Å². The van der Waals surface area contributed by atoms with Gasteiger partial charge in [-0.2, -0.15) is 0 Å². The Morgan fingerprint density at radius 1 is 0.308 bits per heavy atom. The summed E-state index contributed by atoms with van der Waals surface area (Å²) in [5.41, 5.74) is 11.7. The Labute approximate surface area is 303 Å². The molecule has 0 atom stereocenters. The van der Waals surface area contributed by atoms with Gasteiger partial charge in [-0.25, -0.2) is 0 Å². The third-order valence-electron chi connectivity index (χ3n) is 10.3. The topological polar surface area (TPSA) is 8.17 Å². The Hall–Kier alpha value is -6.90. The van der Waals surface area contributed by atoms with Gasteiger partial charge in [0.1, 0.15) is 0 Å². The quantitative estimate of drug-likeness (QED) is 0.161. The molecule has 52 heavy (non-hydrogen) atoms. The van der Waals surface area contributed by atoms with Crippen LogP contribution in [-0.2, 0) is 0 Å². The van der Waals surface area contributed by atoms with Gasteiger partial charge in [0.2, 0.25) is 0 Å². The van der Waals surface area contributed by atoms with Crippen molar-refractivity contribution >= 4 is 60.4 Å². The second-order valence-corrected chi connectivity index (χ2v) is 13.3. The molecule has 0 aliphatic carbocycles. The van der Waals surface area contributed by atoms with Gasteiger partial charge < -0.3 is 9.47 Å². The minimum Gasteiger partial charge on any atom is -0.309 e. The lowest BCUT2D eigenvalue weighted by molar-refractivity contribution is 1.17. The standard InChI is InChI=1S/C50H34N2/c1-3-16-35(17-4-1)36-18-15-19-37(34-36)49-45-26-9-7-22-41(45)42-23-8-10-27-46(42)50(49)51(38-20-5-2-6-21-38)39-30-32-40(33-31-39)52-47-28-13-11-24-43(47)44-25-12-14-29-48(44)52/h1-34H. The predicted molar refractivity (Wildman–Crippen MR) is 221 cm³/mol. The number of hydrogen-bond donors (Lipinski definition) is 0.